The Kier molecular flexibility index (Phi) is 4.59. The summed E-state index contributed by atoms with van der Waals surface area (Å²) >= 11 is 5.64. The molecule has 0 N–H and O–H groups in total. The highest BCUT2D eigenvalue weighted by atomic mass is 35.5. The predicted octanol–water partition coefficient (Wildman–Crippen LogP) is 0.556. The zero-order valence-corrected chi connectivity index (χ0v) is 12.3. The maximum absolute atomic E-state index is 12.2. The molecule has 1 aromatic rings. The van der Waals surface area contributed by atoms with Crippen molar-refractivity contribution in [2.75, 3.05) is 37.0 Å². The quantitative estimate of drug-likeness (QED) is 0.760. The van der Waals surface area contributed by atoms with Gasteiger partial charge in [0.15, 0.2) is 0 Å². The number of halogens is 1. The first-order valence-corrected chi connectivity index (χ1v) is 8.16. The molecule has 2 heterocycles. The Morgan fingerprint density at radius 2 is 1.84 bits per heavy atom. The highest BCUT2D eigenvalue weighted by Gasteiger charge is 2.31. The van der Waals surface area contributed by atoms with Crippen molar-refractivity contribution in [2.24, 2.45) is 0 Å². The number of rotatable bonds is 4. The van der Waals surface area contributed by atoms with Gasteiger partial charge in [-0.15, -0.1) is 11.6 Å². The SMILES string of the molecule is CC(CCl)S(=O)(=O)N1CCN(c2ncccn2)CC1. The number of aromatic nitrogens is 2. The fraction of sp³-hybridized carbons (Fsp3) is 0.636. The molecule has 0 spiro atoms. The van der Waals surface area contributed by atoms with E-state index in [4.69, 9.17) is 11.6 Å². The highest BCUT2D eigenvalue weighted by molar-refractivity contribution is 7.89. The lowest BCUT2D eigenvalue weighted by Crippen LogP contribution is -2.51. The molecule has 106 valence electrons. The first-order chi connectivity index (χ1) is 9.05. The third-order valence-electron chi connectivity index (χ3n) is 3.16. The lowest BCUT2D eigenvalue weighted by atomic mass is 10.4. The molecule has 1 aliphatic rings. The summed E-state index contributed by atoms with van der Waals surface area (Å²) in [6.45, 7) is 3.72. The van der Waals surface area contributed by atoms with Gasteiger partial charge in [-0.25, -0.2) is 18.4 Å². The molecule has 1 unspecified atom stereocenters. The minimum Gasteiger partial charge on any atom is -0.338 e. The van der Waals surface area contributed by atoms with Crippen LogP contribution in [0, 0.1) is 0 Å². The van der Waals surface area contributed by atoms with E-state index < -0.39 is 15.3 Å². The second-order valence-corrected chi connectivity index (χ2v) is 7.10. The molecule has 0 aliphatic carbocycles. The second kappa shape index (κ2) is 6.02. The fourth-order valence-electron chi connectivity index (χ4n) is 1.93. The van der Waals surface area contributed by atoms with Crippen LogP contribution < -0.4 is 4.90 Å². The van der Waals surface area contributed by atoms with E-state index in [1.807, 2.05) is 4.90 Å². The van der Waals surface area contributed by atoms with E-state index in [1.165, 1.54) is 4.31 Å². The van der Waals surface area contributed by atoms with E-state index in [0.717, 1.165) is 0 Å². The summed E-state index contributed by atoms with van der Waals surface area (Å²) in [6.07, 6.45) is 3.36. The lowest BCUT2D eigenvalue weighted by molar-refractivity contribution is 0.379. The van der Waals surface area contributed by atoms with Gasteiger partial charge in [-0.05, 0) is 13.0 Å². The second-order valence-electron chi connectivity index (χ2n) is 4.44. The monoisotopic (exact) mass is 304 g/mol. The molecule has 0 radical (unpaired) electrons. The van der Waals surface area contributed by atoms with Crippen molar-refractivity contribution in [3.8, 4) is 0 Å². The number of alkyl halides is 1. The Bertz CT molecular complexity index is 503. The molecule has 1 aliphatic heterocycles. The number of hydrogen-bond donors (Lipinski definition) is 0. The number of sulfonamides is 1. The molecular formula is C11H17ClN4O2S. The zero-order chi connectivity index (χ0) is 13.9. The van der Waals surface area contributed by atoms with Crippen molar-refractivity contribution in [2.45, 2.75) is 12.2 Å². The molecule has 1 aromatic heterocycles. The molecule has 8 heteroatoms. The first-order valence-electron chi connectivity index (χ1n) is 6.12. The van der Waals surface area contributed by atoms with Crippen LogP contribution in [0.1, 0.15) is 6.92 Å². The fourth-order valence-corrected chi connectivity index (χ4v) is 3.75. The van der Waals surface area contributed by atoms with Gasteiger partial charge in [0.1, 0.15) is 0 Å². The molecule has 0 aromatic carbocycles. The molecule has 0 amide bonds. The van der Waals surface area contributed by atoms with Crippen LogP contribution in [0.2, 0.25) is 0 Å². The predicted molar refractivity (Wildman–Crippen MR) is 74.9 cm³/mol. The number of anilines is 1. The third kappa shape index (κ3) is 3.16. The Morgan fingerprint density at radius 3 is 2.37 bits per heavy atom. The molecule has 19 heavy (non-hydrogen) atoms. The van der Waals surface area contributed by atoms with Crippen LogP contribution in [-0.4, -0.2) is 60.0 Å². The van der Waals surface area contributed by atoms with E-state index in [-0.39, 0.29) is 5.88 Å². The Balaban J connectivity index is 2.00. The van der Waals surface area contributed by atoms with Crippen molar-refractivity contribution in [1.82, 2.24) is 14.3 Å². The number of hydrogen-bond acceptors (Lipinski definition) is 5. The molecule has 0 bridgehead atoms. The van der Waals surface area contributed by atoms with Gasteiger partial charge in [-0.3, -0.25) is 0 Å². The molecule has 2 rings (SSSR count). The highest BCUT2D eigenvalue weighted by Crippen LogP contribution is 2.16. The summed E-state index contributed by atoms with van der Waals surface area (Å²) in [5, 5.41) is -0.548. The van der Waals surface area contributed by atoms with Crippen molar-refractivity contribution in [3.63, 3.8) is 0 Å². The summed E-state index contributed by atoms with van der Waals surface area (Å²) in [7, 11) is -3.28. The minimum absolute atomic E-state index is 0.115. The summed E-state index contributed by atoms with van der Waals surface area (Å²) in [6, 6.07) is 1.76. The normalized spacial score (nSPS) is 19.4. The van der Waals surface area contributed by atoms with Crippen molar-refractivity contribution in [3.05, 3.63) is 18.5 Å². The van der Waals surface area contributed by atoms with Crippen LogP contribution in [0.5, 0.6) is 0 Å². The van der Waals surface area contributed by atoms with Gasteiger partial charge in [0.05, 0.1) is 5.25 Å². The van der Waals surface area contributed by atoms with Crippen LogP contribution in [0.25, 0.3) is 0 Å². The van der Waals surface area contributed by atoms with E-state index in [9.17, 15) is 8.42 Å². The minimum atomic E-state index is -3.28. The molecule has 1 atom stereocenters. The van der Waals surface area contributed by atoms with Crippen LogP contribution in [0.15, 0.2) is 18.5 Å². The van der Waals surface area contributed by atoms with Crippen molar-refractivity contribution >= 4 is 27.6 Å². The largest absolute Gasteiger partial charge is 0.338 e. The standard InChI is InChI=1S/C11H17ClN4O2S/c1-10(9-12)19(17,18)16-7-5-15(6-8-16)11-13-3-2-4-14-11/h2-4,10H,5-9H2,1H3. The molecule has 1 saturated heterocycles. The van der Waals surface area contributed by atoms with Crippen LogP contribution >= 0.6 is 11.6 Å². The van der Waals surface area contributed by atoms with Gasteiger partial charge in [0, 0.05) is 44.5 Å². The Hall–Kier alpha value is -0.920. The summed E-state index contributed by atoms with van der Waals surface area (Å²) in [5.41, 5.74) is 0. The van der Waals surface area contributed by atoms with Crippen molar-refractivity contribution < 1.29 is 8.42 Å². The lowest BCUT2D eigenvalue weighted by Gasteiger charge is -2.34. The number of nitrogens with zero attached hydrogens (tertiary/aromatic N) is 4. The zero-order valence-electron chi connectivity index (χ0n) is 10.7. The van der Waals surface area contributed by atoms with Gasteiger partial charge in [0.25, 0.3) is 0 Å². The average Bonchev–Trinajstić information content (AvgIpc) is 2.47. The van der Waals surface area contributed by atoms with Crippen LogP contribution in [0.3, 0.4) is 0 Å². The average molecular weight is 305 g/mol. The van der Waals surface area contributed by atoms with Crippen LogP contribution in [-0.2, 0) is 10.0 Å². The van der Waals surface area contributed by atoms with Gasteiger partial charge < -0.3 is 4.90 Å². The molecule has 0 saturated carbocycles. The first kappa shape index (κ1) is 14.5. The van der Waals surface area contributed by atoms with E-state index >= 15 is 0 Å². The van der Waals surface area contributed by atoms with Gasteiger partial charge >= 0.3 is 0 Å². The van der Waals surface area contributed by atoms with E-state index in [0.29, 0.717) is 32.1 Å². The summed E-state index contributed by atoms with van der Waals surface area (Å²) in [4.78, 5) is 10.3. The number of piperazine rings is 1. The van der Waals surface area contributed by atoms with Gasteiger partial charge in [-0.1, -0.05) is 0 Å². The molecule has 1 fully saturated rings. The maximum atomic E-state index is 12.2. The Labute approximate surface area is 118 Å². The summed E-state index contributed by atoms with van der Waals surface area (Å²) in [5.74, 6) is 0.759. The van der Waals surface area contributed by atoms with Crippen LogP contribution in [0.4, 0.5) is 5.95 Å². The smallest absolute Gasteiger partial charge is 0.225 e. The van der Waals surface area contributed by atoms with Crippen molar-refractivity contribution in [1.29, 1.82) is 0 Å². The van der Waals surface area contributed by atoms with E-state index in [1.54, 1.807) is 25.4 Å². The molecular weight excluding hydrogens is 288 g/mol. The maximum Gasteiger partial charge on any atom is 0.225 e. The summed E-state index contributed by atoms with van der Waals surface area (Å²) < 4.78 is 25.8. The van der Waals surface area contributed by atoms with E-state index in [2.05, 4.69) is 9.97 Å². The Morgan fingerprint density at radius 1 is 1.26 bits per heavy atom. The van der Waals surface area contributed by atoms with Gasteiger partial charge in [0.2, 0.25) is 16.0 Å². The third-order valence-corrected chi connectivity index (χ3v) is 6.07. The molecule has 6 nitrogen and oxygen atoms in total. The van der Waals surface area contributed by atoms with Gasteiger partial charge in [-0.2, -0.15) is 4.31 Å². The topological polar surface area (TPSA) is 66.4 Å².